The van der Waals surface area contributed by atoms with Crippen molar-refractivity contribution >= 4 is 41.7 Å². The lowest BCUT2D eigenvalue weighted by atomic mass is 10.0. The second kappa shape index (κ2) is 12.2. The summed E-state index contributed by atoms with van der Waals surface area (Å²) in [7, 11) is 0. The van der Waals surface area contributed by atoms with Gasteiger partial charge in [-0.2, -0.15) is 11.8 Å². The average Bonchev–Trinajstić information content (AvgIpc) is 3.13. The molecule has 2 fully saturated rings. The number of thioether (sulfide) groups is 1. The summed E-state index contributed by atoms with van der Waals surface area (Å²) in [6.07, 6.45) is 0.840. The van der Waals surface area contributed by atoms with E-state index in [2.05, 4.69) is 46.7 Å². The minimum Gasteiger partial charge on any atom is -0.387 e. The first-order valence-corrected chi connectivity index (χ1v) is 11.0. The average molecular weight is 520 g/mol. The quantitative estimate of drug-likeness (QED) is 0.291. The van der Waals surface area contributed by atoms with Crippen LogP contribution in [0.2, 0.25) is 0 Å². The molecule has 28 heavy (non-hydrogen) atoms. The molecule has 6 nitrogen and oxygen atoms in total. The molecule has 0 saturated carbocycles. The molecule has 2 saturated heterocycles. The SMILES string of the molecule is CCNC(=NCc1ccccc1CN1CCOCC1)NCC1(O)CCSC1.I. The number of benzene rings is 1. The molecule has 0 bridgehead atoms. The molecule has 3 N–H and O–H groups in total. The fourth-order valence-corrected chi connectivity index (χ4v) is 4.65. The molecule has 0 radical (unpaired) electrons. The van der Waals surface area contributed by atoms with Gasteiger partial charge in [0.15, 0.2) is 5.96 Å². The molecule has 2 aliphatic heterocycles. The largest absolute Gasteiger partial charge is 0.387 e. The lowest BCUT2D eigenvalue weighted by Gasteiger charge is -2.27. The third-order valence-electron chi connectivity index (χ3n) is 5.04. The molecule has 2 aliphatic rings. The van der Waals surface area contributed by atoms with Crippen LogP contribution in [0, 0.1) is 0 Å². The minimum atomic E-state index is -0.616. The lowest BCUT2D eigenvalue weighted by Crippen LogP contribution is -2.47. The molecule has 0 aliphatic carbocycles. The number of aliphatic hydroxyl groups is 1. The highest BCUT2D eigenvalue weighted by Gasteiger charge is 2.31. The fourth-order valence-electron chi connectivity index (χ4n) is 3.36. The number of hydrogen-bond donors (Lipinski definition) is 3. The number of rotatable bonds is 7. The number of ether oxygens (including phenoxy) is 1. The smallest absolute Gasteiger partial charge is 0.191 e. The highest BCUT2D eigenvalue weighted by molar-refractivity contribution is 14.0. The molecule has 1 aromatic rings. The Kier molecular flexibility index (Phi) is 10.4. The Morgan fingerprint density at radius 1 is 1.25 bits per heavy atom. The summed E-state index contributed by atoms with van der Waals surface area (Å²) in [6.45, 7) is 8.57. The van der Waals surface area contributed by atoms with Gasteiger partial charge in [-0.15, -0.1) is 24.0 Å². The number of guanidine groups is 1. The summed E-state index contributed by atoms with van der Waals surface area (Å²) in [4.78, 5) is 7.20. The Labute approximate surface area is 189 Å². The van der Waals surface area contributed by atoms with E-state index < -0.39 is 5.60 Å². The summed E-state index contributed by atoms with van der Waals surface area (Å²) < 4.78 is 5.45. The van der Waals surface area contributed by atoms with Gasteiger partial charge in [0.05, 0.1) is 25.4 Å². The van der Waals surface area contributed by atoms with Gasteiger partial charge in [-0.1, -0.05) is 24.3 Å². The van der Waals surface area contributed by atoms with E-state index in [1.165, 1.54) is 11.1 Å². The van der Waals surface area contributed by atoms with Crippen molar-refractivity contribution in [2.75, 3.05) is 50.9 Å². The van der Waals surface area contributed by atoms with E-state index in [0.717, 1.165) is 63.3 Å². The molecule has 158 valence electrons. The third kappa shape index (κ3) is 7.37. The maximum atomic E-state index is 10.5. The van der Waals surface area contributed by atoms with E-state index in [9.17, 15) is 5.11 Å². The normalized spacial score (nSPS) is 23.3. The van der Waals surface area contributed by atoms with Crippen molar-refractivity contribution in [1.82, 2.24) is 15.5 Å². The van der Waals surface area contributed by atoms with Crippen molar-refractivity contribution in [1.29, 1.82) is 0 Å². The van der Waals surface area contributed by atoms with Crippen LogP contribution in [-0.4, -0.2) is 72.5 Å². The maximum absolute atomic E-state index is 10.5. The second-order valence-corrected chi connectivity index (χ2v) is 8.34. The predicted molar refractivity (Wildman–Crippen MR) is 128 cm³/mol. The van der Waals surface area contributed by atoms with Crippen molar-refractivity contribution in [3.8, 4) is 0 Å². The molecule has 0 spiro atoms. The van der Waals surface area contributed by atoms with Crippen LogP contribution in [0.3, 0.4) is 0 Å². The van der Waals surface area contributed by atoms with E-state index in [1.54, 1.807) is 0 Å². The van der Waals surface area contributed by atoms with Crippen LogP contribution in [0.4, 0.5) is 0 Å². The zero-order valence-corrected chi connectivity index (χ0v) is 19.8. The molecule has 1 atom stereocenters. The van der Waals surface area contributed by atoms with Gasteiger partial charge in [0, 0.05) is 38.5 Å². The van der Waals surface area contributed by atoms with Crippen LogP contribution in [0.5, 0.6) is 0 Å². The van der Waals surface area contributed by atoms with Crippen LogP contribution in [0.25, 0.3) is 0 Å². The minimum absolute atomic E-state index is 0. The summed E-state index contributed by atoms with van der Waals surface area (Å²) >= 11 is 1.81. The fraction of sp³-hybridized carbons (Fsp3) is 0.650. The van der Waals surface area contributed by atoms with E-state index in [4.69, 9.17) is 9.73 Å². The van der Waals surface area contributed by atoms with E-state index >= 15 is 0 Å². The molecule has 1 unspecified atom stereocenters. The Bertz CT molecular complexity index is 620. The van der Waals surface area contributed by atoms with Crippen LogP contribution in [-0.2, 0) is 17.8 Å². The number of aliphatic imine (C=N–C) groups is 1. The Hall–Kier alpha value is -0.550. The van der Waals surface area contributed by atoms with Gasteiger partial charge in [0.2, 0.25) is 0 Å². The molecule has 1 aromatic carbocycles. The summed E-state index contributed by atoms with van der Waals surface area (Å²) in [5, 5.41) is 17.1. The first-order valence-electron chi connectivity index (χ1n) is 9.88. The summed E-state index contributed by atoms with van der Waals surface area (Å²) in [6, 6.07) is 8.52. The van der Waals surface area contributed by atoms with Crippen LogP contribution in [0.15, 0.2) is 29.3 Å². The van der Waals surface area contributed by atoms with E-state index in [0.29, 0.717) is 13.1 Å². The molecule has 2 heterocycles. The molecular weight excluding hydrogens is 487 g/mol. The van der Waals surface area contributed by atoms with Crippen molar-refractivity contribution in [3.05, 3.63) is 35.4 Å². The van der Waals surface area contributed by atoms with Crippen molar-refractivity contribution in [2.45, 2.75) is 32.0 Å². The van der Waals surface area contributed by atoms with Crippen LogP contribution < -0.4 is 10.6 Å². The first-order chi connectivity index (χ1) is 13.2. The van der Waals surface area contributed by atoms with Gasteiger partial charge in [-0.25, -0.2) is 4.99 Å². The molecule has 0 amide bonds. The van der Waals surface area contributed by atoms with Gasteiger partial charge in [0.25, 0.3) is 0 Å². The molecule has 3 rings (SSSR count). The lowest BCUT2D eigenvalue weighted by molar-refractivity contribution is 0.0341. The monoisotopic (exact) mass is 520 g/mol. The van der Waals surface area contributed by atoms with Gasteiger partial charge >= 0.3 is 0 Å². The van der Waals surface area contributed by atoms with E-state index in [-0.39, 0.29) is 24.0 Å². The predicted octanol–water partition coefficient (Wildman–Crippen LogP) is 2.06. The second-order valence-electron chi connectivity index (χ2n) is 7.23. The summed E-state index contributed by atoms with van der Waals surface area (Å²) in [5.74, 6) is 2.59. The third-order valence-corrected chi connectivity index (χ3v) is 6.27. The number of hydrogen-bond acceptors (Lipinski definition) is 5. The van der Waals surface area contributed by atoms with Crippen molar-refractivity contribution < 1.29 is 9.84 Å². The number of nitrogens with zero attached hydrogens (tertiary/aromatic N) is 2. The Morgan fingerprint density at radius 2 is 2.00 bits per heavy atom. The highest BCUT2D eigenvalue weighted by Crippen LogP contribution is 2.26. The summed E-state index contributed by atoms with van der Waals surface area (Å²) in [5.41, 5.74) is 1.95. The topological polar surface area (TPSA) is 69.1 Å². The number of nitrogens with one attached hydrogen (secondary N) is 2. The van der Waals surface area contributed by atoms with Crippen LogP contribution >= 0.6 is 35.7 Å². The molecule has 0 aromatic heterocycles. The zero-order valence-electron chi connectivity index (χ0n) is 16.7. The first kappa shape index (κ1) is 23.7. The zero-order chi connectivity index (χ0) is 19.0. The number of morpholine rings is 1. The van der Waals surface area contributed by atoms with Crippen LogP contribution in [0.1, 0.15) is 24.5 Å². The number of halogens is 1. The van der Waals surface area contributed by atoms with Crippen molar-refractivity contribution in [3.63, 3.8) is 0 Å². The van der Waals surface area contributed by atoms with Gasteiger partial charge in [0.1, 0.15) is 0 Å². The Morgan fingerprint density at radius 3 is 2.68 bits per heavy atom. The maximum Gasteiger partial charge on any atom is 0.191 e. The van der Waals surface area contributed by atoms with Gasteiger partial charge in [-0.3, -0.25) is 4.90 Å². The molecule has 8 heteroatoms. The highest BCUT2D eigenvalue weighted by atomic mass is 127. The standard InChI is InChI=1S/C20H32N4O2S.HI/c1-2-21-19(23-15-20(25)7-12-27-16-20)22-13-17-5-3-4-6-18(17)14-24-8-10-26-11-9-24;/h3-6,25H,2,7-16H2,1H3,(H2,21,22,23);1H. The van der Waals surface area contributed by atoms with E-state index in [1.807, 2.05) is 11.8 Å². The van der Waals surface area contributed by atoms with Gasteiger partial charge < -0.3 is 20.5 Å². The van der Waals surface area contributed by atoms with Crippen molar-refractivity contribution in [2.24, 2.45) is 4.99 Å². The molecular formula is C20H33IN4O2S. The Balaban J connectivity index is 0.00000280. The van der Waals surface area contributed by atoms with Gasteiger partial charge in [-0.05, 0) is 30.2 Å².